The third-order valence-electron chi connectivity index (χ3n) is 2.73. The second-order valence-corrected chi connectivity index (χ2v) is 4.74. The lowest BCUT2D eigenvalue weighted by molar-refractivity contribution is 0.0691. The van der Waals surface area contributed by atoms with Crippen LogP contribution in [0.1, 0.15) is 24.2 Å². The van der Waals surface area contributed by atoms with Gasteiger partial charge in [-0.2, -0.15) is 0 Å². The lowest BCUT2D eigenvalue weighted by Gasteiger charge is -2.18. The molecule has 0 spiro atoms. The number of hydrogen-bond acceptors (Lipinski definition) is 3. The van der Waals surface area contributed by atoms with Gasteiger partial charge in [0.1, 0.15) is 17.9 Å². The van der Waals surface area contributed by atoms with Crippen LogP contribution in [-0.2, 0) is 0 Å². The number of nitrogens with zero attached hydrogens (tertiary/aromatic N) is 1. The predicted octanol–water partition coefficient (Wildman–Crippen LogP) is 3.29. The number of benzene rings is 1. The Kier molecular flexibility index (Phi) is 8.80. The maximum Gasteiger partial charge on any atom is 0.339 e. The van der Waals surface area contributed by atoms with E-state index in [4.69, 9.17) is 9.84 Å². The van der Waals surface area contributed by atoms with E-state index in [1.165, 1.54) is 0 Å². The number of carbonyl (C=O) groups is 1. The van der Waals surface area contributed by atoms with Crippen LogP contribution in [0, 0.1) is 0 Å². The quantitative estimate of drug-likeness (QED) is 0.818. The zero-order valence-electron chi connectivity index (χ0n) is 11.1. The van der Waals surface area contributed by atoms with Gasteiger partial charge in [0, 0.05) is 11.0 Å². The SMILES string of the molecule is CCN(CC)CCOc1ccc(Br)cc1C(=O)O.Cl. The number of carboxylic acid groups (broad SMARTS) is 1. The molecule has 0 heterocycles. The van der Waals surface area contributed by atoms with Gasteiger partial charge in [-0.05, 0) is 31.3 Å². The van der Waals surface area contributed by atoms with Crippen LogP contribution in [0.5, 0.6) is 5.75 Å². The van der Waals surface area contributed by atoms with Crippen LogP contribution in [0.3, 0.4) is 0 Å². The third-order valence-corrected chi connectivity index (χ3v) is 3.22. The van der Waals surface area contributed by atoms with Crippen LogP contribution in [-0.4, -0.2) is 42.2 Å². The standard InChI is InChI=1S/C13H18BrNO3.ClH/c1-3-15(4-2)7-8-18-12-6-5-10(14)9-11(12)13(16)17;/h5-6,9H,3-4,7-8H2,1-2H3,(H,16,17);1H. The van der Waals surface area contributed by atoms with Crippen molar-refractivity contribution in [1.29, 1.82) is 0 Å². The van der Waals surface area contributed by atoms with Crippen LogP contribution >= 0.6 is 28.3 Å². The fourth-order valence-corrected chi connectivity index (χ4v) is 1.98. The summed E-state index contributed by atoms with van der Waals surface area (Å²) in [6, 6.07) is 5.00. The highest BCUT2D eigenvalue weighted by molar-refractivity contribution is 9.10. The Labute approximate surface area is 128 Å². The molecule has 0 fully saturated rings. The second-order valence-electron chi connectivity index (χ2n) is 3.82. The van der Waals surface area contributed by atoms with Crippen LogP contribution in [0.4, 0.5) is 0 Å². The van der Waals surface area contributed by atoms with Crippen molar-refractivity contribution in [2.75, 3.05) is 26.2 Å². The zero-order chi connectivity index (χ0) is 13.5. The number of carboxylic acids is 1. The molecule has 0 aliphatic rings. The summed E-state index contributed by atoms with van der Waals surface area (Å²) in [5, 5.41) is 9.08. The fraction of sp³-hybridized carbons (Fsp3) is 0.462. The van der Waals surface area contributed by atoms with E-state index in [2.05, 4.69) is 34.7 Å². The molecule has 19 heavy (non-hydrogen) atoms. The molecule has 4 nitrogen and oxygen atoms in total. The molecular formula is C13H19BrClNO3. The molecular weight excluding hydrogens is 334 g/mol. The van der Waals surface area contributed by atoms with Crippen molar-refractivity contribution < 1.29 is 14.6 Å². The molecule has 1 aromatic carbocycles. The minimum Gasteiger partial charge on any atom is -0.491 e. The van der Waals surface area contributed by atoms with Gasteiger partial charge in [0.25, 0.3) is 0 Å². The Bertz CT molecular complexity index is 411. The fourth-order valence-electron chi connectivity index (χ4n) is 1.62. The van der Waals surface area contributed by atoms with Crippen LogP contribution in [0.15, 0.2) is 22.7 Å². The number of ether oxygens (including phenoxy) is 1. The van der Waals surface area contributed by atoms with E-state index in [1.807, 2.05) is 0 Å². The largest absolute Gasteiger partial charge is 0.491 e. The molecule has 0 aliphatic carbocycles. The number of hydrogen-bond donors (Lipinski definition) is 1. The summed E-state index contributed by atoms with van der Waals surface area (Å²) in [5.74, 6) is -0.563. The molecule has 1 rings (SSSR count). The average Bonchev–Trinajstić information content (AvgIpc) is 2.36. The van der Waals surface area contributed by atoms with Crippen LogP contribution in [0.25, 0.3) is 0 Å². The molecule has 0 saturated carbocycles. The monoisotopic (exact) mass is 351 g/mol. The first-order valence-corrected chi connectivity index (χ1v) is 6.75. The van der Waals surface area contributed by atoms with Gasteiger partial charge in [-0.15, -0.1) is 12.4 Å². The maximum absolute atomic E-state index is 11.1. The lowest BCUT2D eigenvalue weighted by Crippen LogP contribution is -2.28. The average molecular weight is 353 g/mol. The Hall–Kier alpha value is -0.780. The van der Waals surface area contributed by atoms with Gasteiger partial charge < -0.3 is 14.7 Å². The molecule has 108 valence electrons. The highest BCUT2D eigenvalue weighted by Crippen LogP contribution is 2.23. The van der Waals surface area contributed by atoms with E-state index in [0.717, 1.165) is 24.1 Å². The number of aromatic carboxylic acids is 1. The summed E-state index contributed by atoms with van der Waals surface area (Å²) in [6.07, 6.45) is 0. The van der Waals surface area contributed by atoms with Gasteiger partial charge in [-0.25, -0.2) is 4.79 Å². The van der Waals surface area contributed by atoms with Crippen molar-refractivity contribution in [3.63, 3.8) is 0 Å². The first-order valence-electron chi connectivity index (χ1n) is 5.96. The summed E-state index contributed by atoms with van der Waals surface area (Å²) in [6.45, 7) is 7.39. The summed E-state index contributed by atoms with van der Waals surface area (Å²) in [7, 11) is 0. The van der Waals surface area contributed by atoms with Crippen molar-refractivity contribution in [1.82, 2.24) is 4.90 Å². The number of halogens is 2. The van der Waals surface area contributed by atoms with Gasteiger partial charge >= 0.3 is 5.97 Å². The molecule has 0 aromatic heterocycles. The van der Waals surface area contributed by atoms with Crippen molar-refractivity contribution in [2.24, 2.45) is 0 Å². The van der Waals surface area contributed by atoms with E-state index in [1.54, 1.807) is 18.2 Å². The number of likely N-dealkylation sites (N-methyl/N-ethyl adjacent to an activating group) is 1. The third kappa shape index (κ3) is 5.80. The minimum atomic E-state index is -0.978. The smallest absolute Gasteiger partial charge is 0.339 e. The van der Waals surface area contributed by atoms with E-state index in [9.17, 15) is 4.79 Å². The van der Waals surface area contributed by atoms with Crippen molar-refractivity contribution in [2.45, 2.75) is 13.8 Å². The molecule has 6 heteroatoms. The van der Waals surface area contributed by atoms with Crippen molar-refractivity contribution >= 4 is 34.3 Å². The summed E-state index contributed by atoms with van der Waals surface area (Å²) < 4.78 is 6.28. The first-order chi connectivity index (χ1) is 8.58. The molecule has 0 unspecified atom stereocenters. The normalized spacial score (nSPS) is 10.1. The minimum absolute atomic E-state index is 0. The molecule has 0 saturated heterocycles. The molecule has 1 N–H and O–H groups in total. The molecule has 0 bridgehead atoms. The Morgan fingerprint density at radius 1 is 1.37 bits per heavy atom. The maximum atomic E-state index is 11.1. The highest BCUT2D eigenvalue weighted by atomic mass is 79.9. The summed E-state index contributed by atoms with van der Waals surface area (Å²) >= 11 is 3.25. The molecule has 1 aromatic rings. The van der Waals surface area contributed by atoms with Crippen LogP contribution in [0.2, 0.25) is 0 Å². The zero-order valence-corrected chi connectivity index (χ0v) is 13.5. The van der Waals surface area contributed by atoms with E-state index >= 15 is 0 Å². The summed E-state index contributed by atoms with van der Waals surface area (Å²) in [5.41, 5.74) is 0.184. The Morgan fingerprint density at radius 2 is 2.00 bits per heavy atom. The van der Waals surface area contributed by atoms with Gasteiger partial charge in [0.2, 0.25) is 0 Å². The van der Waals surface area contributed by atoms with Gasteiger partial charge in [0.15, 0.2) is 0 Å². The summed E-state index contributed by atoms with van der Waals surface area (Å²) in [4.78, 5) is 13.3. The first kappa shape index (κ1) is 18.2. The molecule has 0 aliphatic heterocycles. The van der Waals surface area contributed by atoms with E-state index in [0.29, 0.717) is 12.4 Å². The highest BCUT2D eigenvalue weighted by Gasteiger charge is 2.12. The van der Waals surface area contributed by atoms with E-state index in [-0.39, 0.29) is 18.0 Å². The number of rotatable bonds is 7. The van der Waals surface area contributed by atoms with Crippen molar-refractivity contribution in [3.8, 4) is 5.75 Å². The van der Waals surface area contributed by atoms with Crippen molar-refractivity contribution in [3.05, 3.63) is 28.2 Å². The van der Waals surface area contributed by atoms with Gasteiger partial charge in [-0.1, -0.05) is 29.8 Å². The molecule has 0 radical (unpaired) electrons. The van der Waals surface area contributed by atoms with Gasteiger partial charge in [-0.3, -0.25) is 0 Å². The molecule has 0 atom stereocenters. The lowest BCUT2D eigenvalue weighted by atomic mass is 10.2. The van der Waals surface area contributed by atoms with Gasteiger partial charge in [0.05, 0.1) is 0 Å². The topological polar surface area (TPSA) is 49.8 Å². The second kappa shape index (κ2) is 9.18. The van der Waals surface area contributed by atoms with Crippen LogP contribution < -0.4 is 4.74 Å². The molecule has 0 amide bonds. The predicted molar refractivity (Wildman–Crippen MR) is 81.6 cm³/mol. The Morgan fingerprint density at radius 3 is 2.53 bits per heavy atom. The Balaban J connectivity index is 0.00000324. The van der Waals surface area contributed by atoms with E-state index < -0.39 is 5.97 Å².